The summed E-state index contributed by atoms with van der Waals surface area (Å²) in [4.78, 5) is 12.0. The van der Waals surface area contributed by atoms with E-state index in [1.807, 2.05) is 12.1 Å². The average Bonchev–Trinajstić information content (AvgIpc) is 2.80. The van der Waals surface area contributed by atoms with Crippen LogP contribution >= 0.6 is 0 Å². The molecule has 0 saturated heterocycles. The van der Waals surface area contributed by atoms with Gasteiger partial charge < -0.3 is 24.7 Å². The largest absolute Gasteiger partial charge is 0.497 e. The summed E-state index contributed by atoms with van der Waals surface area (Å²) < 4.78 is 21.1. The fourth-order valence-corrected chi connectivity index (χ4v) is 2.56. The Morgan fingerprint density at radius 1 is 0.935 bits per heavy atom. The summed E-state index contributed by atoms with van der Waals surface area (Å²) >= 11 is 0. The Balaban J connectivity index is 2.09. The van der Waals surface area contributed by atoms with Crippen molar-refractivity contribution in [2.24, 2.45) is 15.9 Å². The van der Waals surface area contributed by atoms with Crippen molar-refractivity contribution < 1.29 is 23.7 Å². The van der Waals surface area contributed by atoms with Crippen LogP contribution in [0.5, 0.6) is 23.0 Å². The minimum atomic E-state index is -0.433. The molecule has 3 N–H and O–H groups in total. The van der Waals surface area contributed by atoms with Gasteiger partial charge in [-0.1, -0.05) is 12.1 Å². The zero-order valence-electron chi connectivity index (χ0n) is 18.1. The van der Waals surface area contributed by atoms with E-state index in [1.165, 1.54) is 27.4 Å². The smallest absolute Gasteiger partial charge is 0.250 e. The van der Waals surface area contributed by atoms with E-state index in [0.29, 0.717) is 28.5 Å². The lowest BCUT2D eigenvalue weighted by molar-refractivity contribution is -0.115. The van der Waals surface area contributed by atoms with Crippen LogP contribution in [0.15, 0.2) is 52.7 Å². The normalized spacial score (nSPS) is 11.9. The first-order chi connectivity index (χ1) is 14.9. The van der Waals surface area contributed by atoms with Crippen molar-refractivity contribution in [3.8, 4) is 23.0 Å². The maximum atomic E-state index is 12.0. The maximum absolute atomic E-state index is 12.0. The highest BCUT2D eigenvalue weighted by Gasteiger charge is 2.14. The van der Waals surface area contributed by atoms with Crippen LogP contribution in [-0.4, -0.2) is 46.0 Å². The molecule has 0 unspecified atom stereocenters. The van der Waals surface area contributed by atoms with Crippen molar-refractivity contribution in [3.05, 3.63) is 53.6 Å². The molecule has 0 aliphatic rings. The first-order valence-corrected chi connectivity index (χ1v) is 9.23. The highest BCUT2D eigenvalue weighted by molar-refractivity contribution is 6.04. The van der Waals surface area contributed by atoms with Gasteiger partial charge in [0.1, 0.15) is 5.75 Å². The van der Waals surface area contributed by atoms with Crippen LogP contribution < -0.4 is 30.0 Å². The summed E-state index contributed by atoms with van der Waals surface area (Å²) in [7, 11) is 6.17. The van der Waals surface area contributed by atoms with Gasteiger partial charge >= 0.3 is 0 Å². The number of methoxy groups -OCH3 is 4. The van der Waals surface area contributed by atoms with Gasteiger partial charge in [0.15, 0.2) is 11.5 Å². The summed E-state index contributed by atoms with van der Waals surface area (Å²) in [6.45, 7) is 1.74. The molecule has 0 fully saturated rings. The molecule has 2 aromatic rings. The first kappa shape index (κ1) is 23.3. The van der Waals surface area contributed by atoms with E-state index in [2.05, 4.69) is 15.5 Å². The lowest BCUT2D eigenvalue weighted by Gasteiger charge is -2.13. The third-order valence-electron chi connectivity index (χ3n) is 4.18. The number of guanidine groups is 1. The van der Waals surface area contributed by atoms with Crippen LogP contribution in [0.2, 0.25) is 0 Å². The van der Waals surface area contributed by atoms with Crippen molar-refractivity contribution in [1.82, 2.24) is 5.32 Å². The molecule has 0 aliphatic heterocycles. The minimum absolute atomic E-state index is 0.142. The number of carbonyl (C=O) groups excluding carboxylic acids is 1. The van der Waals surface area contributed by atoms with Crippen LogP contribution in [0.25, 0.3) is 6.08 Å². The molecule has 164 valence electrons. The molecule has 9 heteroatoms. The number of ether oxygens (including phenoxy) is 4. The molecule has 0 heterocycles. The van der Waals surface area contributed by atoms with Crippen molar-refractivity contribution in [2.75, 3.05) is 28.4 Å². The predicted octanol–water partition coefficient (Wildman–Crippen LogP) is 2.59. The molecule has 9 nitrogen and oxygen atoms in total. The Hall–Kier alpha value is -4.01. The second-order valence-corrected chi connectivity index (χ2v) is 6.18. The van der Waals surface area contributed by atoms with Crippen molar-refractivity contribution in [1.29, 1.82) is 0 Å². The van der Waals surface area contributed by atoms with Gasteiger partial charge in [0.25, 0.3) is 5.91 Å². The van der Waals surface area contributed by atoms with E-state index in [1.54, 1.807) is 44.4 Å². The summed E-state index contributed by atoms with van der Waals surface area (Å²) in [5, 5.41) is 10.4. The summed E-state index contributed by atoms with van der Waals surface area (Å²) in [6, 6.07) is 10.7. The number of nitrogens with two attached hydrogens (primary N) is 1. The Bertz CT molecular complexity index is 972. The Labute approximate surface area is 181 Å². The van der Waals surface area contributed by atoms with Gasteiger partial charge in [-0.05, 0) is 42.8 Å². The Morgan fingerprint density at radius 2 is 1.55 bits per heavy atom. The van der Waals surface area contributed by atoms with Gasteiger partial charge in [-0.2, -0.15) is 5.10 Å². The molecule has 2 aromatic carbocycles. The average molecular weight is 426 g/mol. The first-order valence-electron chi connectivity index (χ1n) is 9.23. The Morgan fingerprint density at radius 3 is 2.06 bits per heavy atom. The van der Waals surface area contributed by atoms with Gasteiger partial charge in [0.05, 0.1) is 34.2 Å². The molecule has 0 spiro atoms. The molecule has 0 saturated carbocycles. The van der Waals surface area contributed by atoms with Gasteiger partial charge in [0, 0.05) is 11.6 Å². The van der Waals surface area contributed by atoms with Crippen LogP contribution in [0.1, 0.15) is 18.1 Å². The number of hydrogen-bond donors (Lipinski definition) is 2. The highest BCUT2D eigenvalue weighted by atomic mass is 16.5. The van der Waals surface area contributed by atoms with E-state index in [4.69, 9.17) is 24.7 Å². The molecule has 0 aliphatic carbocycles. The van der Waals surface area contributed by atoms with Crippen molar-refractivity contribution in [2.45, 2.75) is 6.92 Å². The lowest BCUT2D eigenvalue weighted by Crippen LogP contribution is -2.35. The molecular formula is C22H26N4O5. The molecule has 1 amide bonds. The second-order valence-electron chi connectivity index (χ2n) is 6.18. The monoisotopic (exact) mass is 426 g/mol. The van der Waals surface area contributed by atoms with E-state index in [0.717, 1.165) is 11.3 Å². The van der Waals surface area contributed by atoms with Crippen molar-refractivity contribution >= 4 is 23.7 Å². The lowest BCUT2D eigenvalue weighted by atomic mass is 10.1. The minimum Gasteiger partial charge on any atom is -0.497 e. The molecule has 0 aromatic heterocycles. The number of amides is 1. The molecule has 0 bridgehead atoms. The van der Waals surface area contributed by atoms with Crippen LogP contribution in [0, 0.1) is 0 Å². The molecular weight excluding hydrogens is 400 g/mol. The highest BCUT2D eigenvalue weighted by Crippen LogP contribution is 2.38. The second kappa shape index (κ2) is 11.2. The molecule has 31 heavy (non-hydrogen) atoms. The summed E-state index contributed by atoms with van der Waals surface area (Å²) in [6.07, 6.45) is 2.99. The van der Waals surface area contributed by atoms with Crippen LogP contribution in [0.3, 0.4) is 0 Å². The van der Waals surface area contributed by atoms with Gasteiger partial charge in [-0.15, -0.1) is 5.10 Å². The molecule has 0 atom stereocenters. The van der Waals surface area contributed by atoms with E-state index in [9.17, 15) is 4.79 Å². The van der Waals surface area contributed by atoms with E-state index in [-0.39, 0.29) is 5.96 Å². The van der Waals surface area contributed by atoms with Gasteiger partial charge in [-0.3, -0.25) is 10.1 Å². The number of nitrogens with zero attached hydrogens (tertiary/aromatic N) is 2. The zero-order chi connectivity index (χ0) is 22.8. The van der Waals surface area contributed by atoms with Crippen LogP contribution in [-0.2, 0) is 4.79 Å². The third-order valence-corrected chi connectivity index (χ3v) is 4.18. The van der Waals surface area contributed by atoms with Crippen LogP contribution in [0.4, 0.5) is 0 Å². The topological polar surface area (TPSA) is 117 Å². The summed E-state index contributed by atoms with van der Waals surface area (Å²) in [5.41, 5.74) is 7.82. The predicted molar refractivity (Wildman–Crippen MR) is 120 cm³/mol. The van der Waals surface area contributed by atoms with Crippen molar-refractivity contribution in [3.63, 3.8) is 0 Å². The molecule has 2 rings (SSSR count). The maximum Gasteiger partial charge on any atom is 0.250 e. The third kappa shape index (κ3) is 6.49. The standard InChI is InChI=1S/C22H26N4O5/c1-14(16-12-18(29-3)21(31-5)19(13-16)30-4)25-26-22(23)24-20(27)11-8-15-6-9-17(28-2)10-7-15/h6-13H,1-5H3,(H3,23,24,26,27)/b11-8+,25-14+. The number of benzene rings is 2. The quantitative estimate of drug-likeness (QED) is 0.290. The summed E-state index contributed by atoms with van der Waals surface area (Å²) in [5.74, 6) is 1.60. The number of hydrogen-bond acceptors (Lipinski definition) is 7. The van der Waals surface area contributed by atoms with Gasteiger partial charge in [-0.25, -0.2) is 0 Å². The fraction of sp³-hybridized carbons (Fsp3) is 0.227. The number of rotatable bonds is 8. The Kier molecular flexibility index (Phi) is 8.44. The fourth-order valence-electron chi connectivity index (χ4n) is 2.56. The van der Waals surface area contributed by atoms with Gasteiger partial charge in [0.2, 0.25) is 11.7 Å². The zero-order valence-corrected chi connectivity index (χ0v) is 18.1. The van der Waals surface area contributed by atoms with E-state index < -0.39 is 5.91 Å². The molecule has 0 radical (unpaired) electrons. The van der Waals surface area contributed by atoms with E-state index >= 15 is 0 Å². The number of nitrogens with one attached hydrogen (secondary N) is 1. The number of carbonyl (C=O) groups is 1. The SMILES string of the molecule is COc1ccc(/C=C/C(=O)N/C(N)=N/N=C(\C)c2cc(OC)c(OC)c(OC)c2)cc1.